The van der Waals surface area contributed by atoms with E-state index in [-0.39, 0.29) is 11.7 Å². The fourth-order valence-corrected chi connectivity index (χ4v) is 3.53. The van der Waals surface area contributed by atoms with Gasteiger partial charge in [0.25, 0.3) is 5.91 Å². The van der Waals surface area contributed by atoms with Crippen LogP contribution in [0.25, 0.3) is 11.1 Å². The Bertz CT molecular complexity index is 726. The van der Waals surface area contributed by atoms with Crippen molar-refractivity contribution >= 4 is 5.91 Å². The Morgan fingerprint density at radius 2 is 1.73 bits per heavy atom. The molecule has 0 saturated carbocycles. The molecule has 112 valence electrons. The van der Waals surface area contributed by atoms with Crippen molar-refractivity contribution in [3.05, 3.63) is 59.4 Å². The maximum absolute atomic E-state index is 13.1. The van der Waals surface area contributed by atoms with Crippen molar-refractivity contribution in [2.24, 2.45) is 5.92 Å². The number of benzene rings is 2. The molecule has 2 aliphatic heterocycles. The second-order valence-corrected chi connectivity index (χ2v) is 6.04. The Morgan fingerprint density at radius 3 is 2.55 bits per heavy atom. The molecule has 1 amide bonds. The van der Waals surface area contributed by atoms with Gasteiger partial charge >= 0.3 is 0 Å². The quantitative estimate of drug-likeness (QED) is 0.849. The Hall–Kier alpha value is -2.20. The zero-order valence-electron chi connectivity index (χ0n) is 12.1. The molecule has 0 radical (unpaired) electrons. The molecule has 2 aliphatic rings. The molecule has 4 rings (SSSR count). The van der Waals surface area contributed by atoms with Crippen molar-refractivity contribution in [1.29, 1.82) is 0 Å². The standard InChI is InChI=1S/C18H17FN2O/c19-14-4-1-11(2-5-14)12-3-6-15-16(7-12)18(22)21-9-13-8-20-10-17(13)15/h1-7,13,17,20H,8-10H2,(H,21,22)/t13-,17+/m0/s1. The average Bonchev–Trinajstić information content (AvgIpc) is 2.96. The third-order valence-electron chi connectivity index (χ3n) is 4.74. The Balaban J connectivity index is 1.79. The lowest BCUT2D eigenvalue weighted by atomic mass is 9.86. The van der Waals surface area contributed by atoms with Crippen LogP contribution < -0.4 is 10.6 Å². The van der Waals surface area contributed by atoms with Gasteiger partial charge in [0.05, 0.1) is 0 Å². The predicted molar refractivity (Wildman–Crippen MR) is 83.3 cm³/mol. The lowest BCUT2D eigenvalue weighted by Gasteiger charge is -2.16. The van der Waals surface area contributed by atoms with Gasteiger partial charge in [-0.05, 0) is 40.8 Å². The molecule has 2 heterocycles. The van der Waals surface area contributed by atoms with Crippen LogP contribution in [0.15, 0.2) is 42.5 Å². The molecule has 2 aromatic carbocycles. The predicted octanol–water partition coefficient (Wildman–Crippen LogP) is 2.54. The van der Waals surface area contributed by atoms with Gasteiger partial charge in [-0.15, -0.1) is 0 Å². The minimum Gasteiger partial charge on any atom is -0.352 e. The molecule has 0 bridgehead atoms. The van der Waals surface area contributed by atoms with E-state index in [0.29, 0.717) is 11.8 Å². The minimum absolute atomic E-state index is 0.00615. The first-order valence-corrected chi connectivity index (χ1v) is 7.61. The van der Waals surface area contributed by atoms with Gasteiger partial charge in [0.1, 0.15) is 5.82 Å². The van der Waals surface area contributed by atoms with E-state index in [1.54, 1.807) is 12.1 Å². The molecule has 4 heteroatoms. The lowest BCUT2D eigenvalue weighted by molar-refractivity contribution is 0.0952. The maximum Gasteiger partial charge on any atom is 0.251 e. The molecule has 3 nitrogen and oxygen atoms in total. The Morgan fingerprint density at radius 1 is 0.955 bits per heavy atom. The number of nitrogens with one attached hydrogen (secondary N) is 2. The number of carbonyl (C=O) groups is 1. The third-order valence-corrected chi connectivity index (χ3v) is 4.74. The molecular formula is C18H17FN2O. The van der Waals surface area contributed by atoms with Gasteiger partial charge in [-0.2, -0.15) is 0 Å². The summed E-state index contributed by atoms with van der Waals surface area (Å²) in [6.45, 7) is 2.59. The fourth-order valence-electron chi connectivity index (χ4n) is 3.53. The van der Waals surface area contributed by atoms with Crippen LogP contribution in [-0.2, 0) is 0 Å². The molecule has 0 spiro atoms. The Labute approximate surface area is 128 Å². The minimum atomic E-state index is -0.254. The van der Waals surface area contributed by atoms with E-state index in [4.69, 9.17) is 0 Å². The monoisotopic (exact) mass is 296 g/mol. The molecule has 1 saturated heterocycles. The van der Waals surface area contributed by atoms with Gasteiger partial charge in [-0.3, -0.25) is 4.79 Å². The van der Waals surface area contributed by atoms with Crippen LogP contribution in [0.4, 0.5) is 4.39 Å². The van der Waals surface area contributed by atoms with Gasteiger partial charge in [-0.25, -0.2) is 4.39 Å². The highest BCUT2D eigenvalue weighted by molar-refractivity contribution is 5.97. The first kappa shape index (κ1) is 13.5. The molecule has 0 aromatic heterocycles. The summed E-state index contributed by atoms with van der Waals surface area (Å²) in [4.78, 5) is 12.4. The van der Waals surface area contributed by atoms with Crippen molar-refractivity contribution in [1.82, 2.24) is 10.6 Å². The number of rotatable bonds is 1. The van der Waals surface area contributed by atoms with E-state index in [0.717, 1.165) is 41.9 Å². The van der Waals surface area contributed by atoms with Crippen LogP contribution in [0.1, 0.15) is 21.8 Å². The normalized spacial score (nSPS) is 23.4. The molecule has 22 heavy (non-hydrogen) atoms. The second kappa shape index (κ2) is 5.21. The van der Waals surface area contributed by atoms with Crippen LogP contribution in [0.2, 0.25) is 0 Å². The van der Waals surface area contributed by atoms with Crippen LogP contribution in [0, 0.1) is 11.7 Å². The summed E-state index contributed by atoms with van der Waals surface area (Å²) in [5.74, 6) is 0.586. The van der Waals surface area contributed by atoms with Crippen molar-refractivity contribution in [3.63, 3.8) is 0 Å². The van der Waals surface area contributed by atoms with E-state index < -0.39 is 0 Å². The number of carbonyl (C=O) groups excluding carboxylic acids is 1. The second-order valence-electron chi connectivity index (χ2n) is 6.04. The molecular weight excluding hydrogens is 279 g/mol. The Kier molecular flexibility index (Phi) is 3.19. The van der Waals surface area contributed by atoms with Crippen molar-refractivity contribution in [2.75, 3.05) is 19.6 Å². The van der Waals surface area contributed by atoms with E-state index in [2.05, 4.69) is 16.7 Å². The van der Waals surface area contributed by atoms with E-state index in [1.165, 1.54) is 12.1 Å². The van der Waals surface area contributed by atoms with Gasteiger partial charge < -0.3 is 10.6 Å². The molecule has 1 fully saturated rings. The van der Waals surface area contributed by atoms with E-state index in [1.807, 2.05) is 12.1 Å². The SMILES string of the molecule is O=C1NC[C@@H]2CNC[C@H]2c2ccc(-c3ccc(F)cc3)cc21. The van der Waals surface area contributed by atoms with Crippen molar-refractivity contribution in [3.8, 4) is 11.1 Å². The summed E-state index contributed by atoms with van der Waals surface area (Å²) >= 11 is 0. The smallest absolute Gasteiger partial charge is 0.251 e. The van der Waals surface area contributed by atoms with E-state index in [9.17, 15) is 9.18 Å². The van der Waals surface area contributed by atoms with Crippen LogP contribution >= 0.6 is 0 Å². The van der Waals surface area contributed by atoms with E-state index >= 15 is 0 Å². The van der Waals surface area contributed by atoms with Crippen LogP contribution in [0.5, 0.6) is 0 Å². The first-order chi connectivity index (χ1) is 10.7. The maximum atomic E-state index is 13.1. The van der Waals surface area contributed by atoms with Crippen LogP contribution in [-0.4, -0.2) is 25.5 Å². The third kappa shape index (κ3) is 2.20. The lowest BCUT2D eigenvalue weighted by Crippen LogP contribution is -2.28. The number of hydrogen-bond donors (Lipinski definition) is 2. The number of fused-ring (bicyclic) bond motifs is 3. The van der Waals surface area contributed by atoms with Gasteiger partial charge in [-0.1, -0.05) is 24.3 Å². The summed E-state index contributed by atoms with van der Waals surface area (Å²) in [7, 11) is 0. The van der Waals surface area contributed by atoms with Crippen LogP contribution in [0.3, 0.4) is 0 Å². The number of amides is 1. The summed E-state index contributed by atoms with van der Waals surface area (Å²) in [6.07, 6.45) is 0. The topological polar surface area (TPSA) is 41.1 Å². The van der Waals surface area contributed by atoms with Gasteiger partial charge in [0.2, 0.25) is 0 Å². The van der Waals surface area contributed by atoms with Crippen molar-refractivity contribution in [2.45, 2.75) is 5.92 Å². The highest BCUT2D eigenvalue weighted by atomic mass is 19.1. The largest absolute Gasteiger partial charge is 0.352 e. The molecule has 0 unspecified atom stereocenters. The molecule has 2 atom stereocenters. The van der Waals surface area contributed by atoms with Gasteiger partial charge in [0, 0.05) is 31.1 Å². The van der Waals surface area contributed by atoms with Gasteiger partial charge in [0.15, 0.2) is 0 Å². The highest BCUT2D eigenvalue weighted by Gasteiger charge is 2.34. The fraction of sp³-hybridized carbons (Fsp3) is 0.278. The molecule has 2 aromatic rings. The highest BCUT2D eigenvalue weighted by Crippen LogP contribution is 2.34. The zero-order chi connectivity index (χ0) is 15.1. The summed E-state index contributed by atoms with van der Waals surface area (Å²) in [5.41, 5.74) is 3.73. The summed E-state index contributed by atoms with van der Waals surface area (Å²) in [6, 6.07) is 12.4. The van der Waals surface area contributed by atoms with Crippen molar-refractivity contribution < 1.29 is 9.18 Å². The molecule has 2 N–H and O–H groups in total. The summed E-state index contributed by atoms with van der Waals surface area (Å²) < 4.78 is 13.1. The number of hydrogen-bond acceptors (Lipinski definition) is 2. The zero-order valence-corrected chi connectivity index (χ0v) is 12.1. The number of halogens is 1. The first-order valence-electron chi connectivity index (χ1n) is 7.61. The molecule has 0 aliphatic carbocycles. The average molecular weight is 296 g/mol. The summed E-state index contributed by atoms with van der Waals surface area (Å²) in [5, 5.41) is 6.43.